The Kier molecular flexibility index (Phi) is 4.84. The molecule has 0 amide bonds. The minimum atomic E-state index is -3.01. The molecule has 0 saturated carbocycles. The van der Waals surface area contributed by atoms with Gasteiger partial charge in [0.15, 0.2) is 9.84 Å². The Morgan fingerprint density at radius 2 is 2.00 bits per heavy atom. The molecule has 6 heteroatoms. The van der Waals surface area contributed by atoms with Gasteiger partial charge in [0, 0.05) is 31.6 Å². The first-order chi connectivity index (χ1) is 8.35. The molecule has 5 nitrogen and oxygen atoms in total. The fourth-order valence-electron chi connectivity index (χ4n) is 1.35. The summed E-state index contributed by atoms with van der Waals surface area (Å²) in [4.78, 5) is 1.93. The van der Waals surface area contributed by atoms with Crippen LogP contribution in [-0.4, -0.2) is 40.6 Å². The number of anilines is 2. The Morgan fingerprint density at radius 1 is 1.33 bits per heavy atom. The number of nitrogen functional groups attached to an aromatic ring is 1. The van der Waals surface area contributed by atoms with Crippen molar-refractivity contribution in [3.05, 3.63) is 18.2 Å². The maximum absolute atomic E-state index is 11.3. The molecule has 0 unspecified atom stereocenters. The number of benzene rings is 1. The van der Waals surface area contributed by atoms with Crippen molar-refractivity contribution in [2.75, 3.05) is 42.8 Å². The fourth-order valence-corrected chi connectivity index (χ4v) is 1.98. The van der Waals surface area contributed by atoms with Crippen molar-refractivity contribution in [3.63, 3.8) is 0 Å². The van der Waals surface area contributed by atoms with Gasteiger partial charge in [-0.15, -0.1) is 0 Å². The zero-order chi connectivity index (χ0) is 13.8. The van der Waals surface area contributed by atoms with Crippen LogP contribution in [0, 0.1) is 0 Å². The van der Waals surface area contributed by atoms with E-state index in [1.54, 1.807) is 19.1 Å². The van der Waals surface area contributed by atoms with Gasteiger partial charge in [0.2, 0.25) is 0 Å². The van der Waals surface area contributed by atoms with Crippen molar-refractivity contribution in [1.82, 2.24) is 0 Å². The maximum atomic E-state index is 11.3. The molecule has 0 saturated heterocycles. The van der Waals surface area contributed by atoms with Crippen molar-refractivity contribution >= 4 is 21.2 Å². The van der Waals surface area contributed by atoms with Crippen LogP contribution in [-0.2, 0) is 9.84 Å². The Labute approximate surface area is 108 Å². The molecule has 1 aromatic rings. The molecule has 0 spiro atoms. The van der Waals surface area contributed by atoms with Crippen LogP contribution in [0.1, 0.15) is 6.92 Å². The second kappa shape index (κ2) is 5.95. The van der Waals surface area contributed by atoms with Crippen molar-refractivity contribution < 1.29 is 13.2 Å². The number of sulfone groups is 1. The Morgan fingerprint density at radius 3 is 2.56 bits per heavy atom. The molecule has 18 heavy (non-hydrogen) atoms. The molecule has 0 aliphatic heterocycles. The van der Waals surface area contributed by atoms with Crippen LogP contribution in [0.2, 0.25) is 0 Å². The van der Waals surface area contributed by atoms with Crippen LogP contribution >= 0.6 is 0 Å². The molecule has 0 aromatic heterocycles. The van der Waals surface area contributed by atoms with E-state index >= 15 is 0 Å². The lowest BCUT2D eigenvalue weighted by molar-refractivity contribution is 0.343. The van der Waals surface area contributed by atoms with Gasteiger partial charge in [0.25, 0.3) is 0 Å². The molecule has 0 fully saturated rings. The van der Waals surface area contributed by atoms with Crippen LogP contribution < -0.4 is 15.4 Å². The number of nitrogens with two attached hydrogens (primary N) is 1. The zero-order valence-corrected chi connectivity index (χ0v) is 11.8. The average Bonchev–Trinajstić information content (AvgIpc) is 2.31. The van der Waals surface area contributed by atoms with E-state index in [4.69, 9.17) is 10.5 Å². The summed E-state index contributed by atoms with van der Waals surface area (Å²) in [7, 11) is 0.822. The van der Waals surface area contributed by atoms with Gasteiger partial charge < -0.3 is 15.4 Å². The smallest absolute Gasteiger partial charge is 0.153 e. The maximum Gasteiger partial charge on any atom is 0.153 e. The lowest BCUT2D eigenvalue weighted by Crippen LogP contribution is -2.16. The Hall–Kier alpha value is -1.43. The van der Waals surface area contributed by atoms with Gasteiger partial charge in [-0.05, 0) is 12.1 Å². The first-order valence-electron chi connectivity index (χ1n) is 5.76. The summed E-state index contributed by atoms with van der Waals surface area (Å²) < 4.78 is 28.1. The normalized spacial score (nSPS) is 11.3. The molecular formula is C12H20N2O3S. The molecule has 0 atom stereocenters. The number of rotatable bonds is 6. The molecule has 0 radical (unpaired) electrons. The third-order valence-corrected chi connectivity index (χ3v) is 4.27. The second-order valence-electron chi connectivity index (χ2n) is 4.20. The minimum Gasteiger partial charge on any atom is -0.490 e. The van der Waals surface area contributed by atoms with E-state index in [1.807, 2.05) is 25.1 Å². The second-order valence-corrected chi connectivity index (χ2v) is 6.67. The predicted molar refractivity (Wildman–Crippen MR) is 75.0 cm³/mol. The van der Waals surface area contributed by atoms with Gasteiger partial charge in [0.05, 0.1) is 11.4 Å². The Bertz CT molecular complexity index is 498. The molecule has 1 rings (SSSR count). The topological polar surface area (TPSA) is 72.6 Å². The van der Waals surface area contributed by atoms with E-state index in [1.165, 1.54) is 0 Å². The van der Waals surface area contributed by atoms with Crippen LogP contribution in [0.5, 0.6) is 5.75 Å². The first kappa shape index (κ1) is 14.6. The third kappa shape index (κ3) is 4.10. The standard InChI is InChI=1S/C12H20N2O3S/c1-4-18(15,16)8-7-17-12-9-10(14(2)3)5-6-11(12)13/h5-6,9H,4,7-8,13H2,1-3H3. The number of hydrogen-bond acceptors (Lipinski definition) is 5. The molecule has 1 aromatic carbocycles. The van der Waals surface area contributed by atoms with Gasteiger partial charge in [-0.1, -0.05) is 6.92 Å². The Balaban J connectivity index is 2.70. The number of nitrogens with zero attached hydrogens (tertiary/aromatic N) is 1. The lowest BCUT2D eigenvalue weighted by atomic mass is 10.2. The van der Waals surface area contributed by atoms with E-state index in [2.05, 4.69) is 0 Å². The predicted octanol–water partition coefficient (Wildman–Crippen LogP) is 1.15. The number of ether oxygens (including phenoxy) is 1. The van der Waals surface area contributed by atoms with Gasteiger partial charge in [-0.3, -0.25) is 0 Å². The van der Waals surface area contributed by atoms with Crippen LogP contribution in [0.15, 0.2) is 18.2 Å². The first-order valence-corrected chi connectivity index (χ1v) is 7.58. The monoisotopic (exact) mass is 272 g/mol. The van der Waals surface area contributed by atoms with E-state index in [9.17, 15) is 8.42 Å². The molecule has 2 N–H and O–H groups in total. The molecule has 0 aliphatic rings. The van der Waals surface area contributed by atoms with Crippen molar-refractivity contribution in [2.45, 2.75) is 6.92 Å². The molecule has 0 bridgehead atoms. The summed E-state index contributed by atoms with van der Waals surface area (Å²) >= 11 is 0. The number of hydrogen-bond donors (Lipinski definition) is 1. The molecular weight excluding hydrogens is 252 g/mol. The lowest BCUT2D eigenvalue weighted by Gasteiger charge is -2.15. The molecule has 0 aliphatic carbocycles. The zero-order valence-electron chi connectivity index (χ0n) is 11.0. The molecule has 102 valence electrons. The van der Waals surface area contributed by atoms with Crippen LogP contribution in [0.25, 0.3) is 0 Å². The largest absolute Gasteiger partial charge is 0.490 e. The van der Waals surface area contributed by atoms with Crippen molar-refractivity contribution in [3.8, 4) is 5.75 Å². The third-order valence-electron chi connectivity index (χ3n) is 2.61. The van der Waals surface area contributed by atoms with Gasteiger partial charge >= 0.3 is 0 Å². The van der Waals surface area contributed by atoms with Crippen molar-refractivity contribution in [2.24, 2.45) is 0 Å². The van der Waals surface area contributed by atoms with Gasteiger partial charge in [-0.25, -0.2) is 8.42 Å². The van der Waals surface area contributed by atoms with Crippen LogP contribution in [0.4, 0.5) is 11.4 Å². The van der Waals surface area contributed by atoms with Gasteiger partial charge in [0.1, 0.15) is 12.4 Å². The summed E-state index contributed by atoms with van der Waals surface area (Å²) in [6, 6.07) is 5.43. The fraction of sp³-hybridized carbons (Fsp3) is 0.500. The highest BCUT2D eigenvalue weighted by Crippen LogP contribution is 2.26. The molecule has 0 heterocycles. The summed E-state index contributed by atoms with van der Waals surface area (Å²) in [5.41, 5.74) is 7.24. The summed E-state index contributed by atoms with van der Waals surface area (Å²) in [5, 5.41) is 0. The highest BCUT2D eigenvalue weighted by atomic mass is 32.2. The van der Waals surface area contributed by atoms with Crippen molar-refractivity contribution in [1.29, 1.82) is 0 Å². The van der Waals surface area contributed by atoms with E-state index in [0.29, 0.717) is 11.4 Å². The highest BCUT2D eigenvalue weighted by Gasteiger charge is 2.09. The summed E-state index contributed by atoms with van der Waals surface area (Å²) in [6.07, 6.45) is 0. The van der Waals surface area contributed by atoms with Crippen LogP contribution in [0.3, 0.4) is 0 Å². The minimum absolute atomic E-state index is 0.00906. The van der Waals surface area contributed by atoms with Gasteiger partial charge in [-0.2, -0.15) is 0 Å². The highest BCUT2D eigenvalue weighted by molar-refractivity contribution is 7.91. The van der Waals surface area contributed by atoms with E-state index in [-0.39, 0.29) is 18.1 Å². The van der Waals surface area contributed by atoms with E-state index < -0.39 is 9.84 Å². The summed E-state index contributed by atoms with van der Waals surface area (Å²) in [5.74, 6) is 0.658. The quantitative estimate of drug-likeness (QED) is 0.786. The van der Waals surface area contributed by atoms with E-state index in [0.717, 1.165) is 5.69 Å². The SMILES string of the molecule is CCS(=O)(=O)CCOc1cc(N(C)C)ccc1N. The summed E-state index contributed by atoms with van der Waals surface area (Å²) in [6.45, 7) is 1.74. The average molecular weight is 272 g/mol.